The molecule has 2 unspecified atom stereocenters. The van der Waals surface area contributed by atoms with Crippen molar-refractivity contribution < 1.29 is 17.9 Å². The van der Waals surface area contributed by atoms with Crippen molar-refractivity contribution in [3.05, 3.63) is 47.8 Å². The first-order valence-electron chi connectivity index (χ1n) is 9.97. The van der Waals surface area contributed by atoms with Crippen LogP contribution >= 0.6 is 0 Å². The molecule has 0 bridgehead atoms. The van der Waals surface area contributed by atoms with E-state index < -0.39 is 18.0 Å². The maximum absolute atomic E-state index is 13.1. The molecule has 3 N–H and O–H groups in total. The Kier molecular flexibility index (Phi) is 9.28. The van der Waals surface area contributed by atoms with Gasteiger partial charge in [0.1, 0.15) is 11.9 Å². The topological polar surface area (TPSA) is 115 Å². The molecule has 0 spiro atoms. The molecule has 2 heterocycles. The molecule has 9 nitrogen and oxygen atoms in total. The molecule has 178 valence electrons. The summed E-state index contributed by atoms with van der Waals surface area (Å²) in [4.78, 5) is 18.8. The van der Waals surface area contributed by atoms with Crippen LogP contribution < -0.4 is 5.73 Å². The van der Waals surface area contributed by atoms with E-state index in [9.17, 15) is 13.2 Å². The van der Waals surface area contributed by atoms with Crippen LogP contribution in [0.25, 0.3) is 0 Å². The fourth-order valence-electron chi connectivity index (χ4n) is 3.35. The molecule has 2 aliphatic heterocycles. The van der Waals surface area contributed by atoms with Crippen LogP contribution in [0.5, 0.6) is 0 Å². The molecule has 0 aromatic rings. The van der Waals surface area contributed by atoms with Crippen molar-refractivity contribution in [1.82, 2.24) is 9.80 Å². The smallest absolute Gasteiger partial charge is 0.404 e. The highest BCUT2D eigenvalue weighted by Gasteiger charge is 2.36. The Hall–Kier alpha value is -3.54. The first-order valence-corrected chi connectivity index (χ1v) is 9.97. The summed E-state index contributed by atoms with van der Waals surface area (Å²) in [6.07, 6.45) is 4.02. The number of ether oxygens (including phenoxy) is 1. The van der Waals surface area contributed by atoms with Gasteiger partial charge in [-0.15, -0.1) is 0 Å². The van der Waals surface area contributed by atoms with Gasteiger partial charge in [-0.25, -0.2) is 0 Å². The van der Waals surface area contributed by atoms with Gasteiger partial charge in [0.15, 0.2) is 5.70 Å². The molecule has 2 rings (SSSR count). The summed E-state index contributed by atoms with van der Waals surface area (Å²) < 4.78 is 45.1. The molecule has 2 atom stereocenters. The molecular formula is C21H27F3N8O. The second kappa shape index (κ2) is 11.9. The second-order valence-corrected chi connectivity index (χ2v) is 6.99. The summed E-state index contributed by atoms with van der Waals surface area (Å²) >= 11 is 0. The Morgan fingerprint density at radius 3 is 2.76 bits per heavy atom. The zero-order chi connectivity index (χ0) is 24.4. The van der Waals surface area contributed by atoms with Gasteiger partial charge in [-0.05, 0) is 26.4 Å². The van der Waals surface area contributed by atoms with E-state index in [0.717, 1.165) is 12.4 Å². The average Bonchev–Trinajstić information content (AvgIpc) is 2.80. The predicted molar refractivity (Wildman–Crippen MR) is 125 cm³/mol. The van der Waals surface area contributed by atoms with Crippen molar-refractivity contribution in [3.8, 4) is 0 Å². The number of hydrogen-bond donors (Lipinski definition) is 2. The normalized spacial score (nSPS) is 23.0. The van der Waals surface area contributed by atoms with Crippen LogP contribution in [-0.4, -0.2) is 86.1 Å². The van der Waals surface area contributed by atoms with Gasteiger partial charge >= 0.3 is 6.18 Å². The summed E-state index contributed by atoms with van der Waals surface area (Å²) in [7, 11) is 0. The Morgan fingerprint density at radius 2 is 2.15 bits per heavy atom. The third-order valence-electron chi connectivity index (χ3n) is 4.96. The number of halogens is 3. The van der Waals surface area contributed by atoms with E-state index in [1.54, 1.807) is 6.08 Å². The molecule has 0 saturated carbocycles. The molecule has 0 radical (unpaired) electrons. The van der Waals surface area contributed by atoms with E-state index in [4.69, 9.17) is 15.9 Å². The summed E-state index contributed by atoms with van der Waals surface area (Å²) in [6, 6.07) is -0.229. The molecule has 0 aromatic carbocycles. The number of morpholine rings is 1. The minimum absolute atomic E-state index is 0.0181. The zero-order valence-electron chi connectivity index (χ0n) is 18.2. The van der Waals surface area contributed by atoms with Gasteiger partial charge in [0, 0.05) is 49.3 Å². The summed E-state index contributed by atoms with van der Waals surface area (Å²) in [5.41, 5.74) is 5.53. The summed E-state index contributed by atoms with van der Waals surface area (Å²) in [5.74, 6) is 0.519. The molecule has 33 heavy (non-hydrogen) atoms. The molecule has 2 aliphatic rings. The second-order valence-electron chi connectivity index (χ2n) is 6.99. The molecular weight excluding hydrogens is 437 g/mol. The SMILES string of the molecule is C=N/C=C\C(=N/C/C(=C/N=C)N1C=C(C(F)(F)F)N=CC1)N1CCOC(/C(C=N)=C/N)C1C. The monoisotopic (exact) mass is 464 g/mol. The van der Waals surface area contributed by atoms with Gasteiger partial charge in [-0.2, -0.15) is 13.2 Å². The lowest BCUT2D eigenvalue weighted by molar-refractivity contribution is -0.0935. The van der Waals surface area contributed by atoms with Crippen molar-refractivity contribution >= 4 is 31.7 Å². The number of amidine groups is 1. The number of nitrogens with one attached hydrogen (secondary N) is 1. The van der Waals surface area contributed by atoms with Crippen LogP contribution in [0.3, 0.4) is 0 Å². The van der Waals surface area contributed by atoms with E-state index in [0.29, 0.717) is 30.3 Å². The van der Waals surface area contributed by atoms with Crippen LogP contribution in [-0.2, 0) is 4.74 Å². The average molecular weight is 464 g/mol. The first kappa shape index (κ1) is 25.7. The molecule has 1 fully saturated rings. The summed E-state index contributed by atoms with van der Waals surface area (Å²) in [6.45, 7) is 9.77. The molecule has 1 saturated heterocycles. The van der Waals surface area contributed by atoms with Crippen LogP contribution in [0, 0.1) is 5.41 Å². The third kappa shape index (κ3) is 6.72. The predicted octanol–water partition coefficient (Wildman–Crippen LogP) is 2.51. The largest absolute Gasteiger partial charge is 0.434 e. The quantitative estimate of drug-likeness (QED) is 0.424. The van der Waals surface area contributed by atoms with Crippen LogP contribution in [0.15, 0.2) is 67.8 Å². The molecule has 12 heteroatoms. The highest BCUT2D eigenvalue weighted by atomic mass is 19.4. The van der Waals surface area contributed by atoms with Crippen LogP contribution in [0.1, 0.15) is 6.92 Å². The highest BCUT2D eigenvalue weighted by Crippen LogP contribution is 2.29. The zero-order valence-corrected chi connectivity index (χ0v) is 18.2. The number of nitrogens with zero attached hydrogens (tertiary/aromatic N) is 6. The van der Waals surface area contributed by atoms with Crippen LogP contribution in [0.4, 0.5) is 13.2 Å². The van der Waals surface area contributed by atoms with Crippen molar-refractivity contribution in [2.45, 2.75) is 25.2 Å². The van der Waals surface area contributed by atoms with E-state index in [2.05, 4.69) is 33.4 Å². The highest BCUT2D eigenvalue weighted by molar-refractivity contribution is 5.93. The minimum atomic E-state index is -4.57. The van der Waals surface area contributed by atoms with Crippen molar-refractivity contribution in [2.24, 2.45) is 25.7 Å². The maximum Gasteiger partial charge on any atom is 0.434 e. The number of allylic oxidation sites excluding steroid dienone is 1. The van der Waals surface area contributed by atoms with E-state index in [-0.39, 0.29) is 19.1 Å². The van der Waals surface area contributed by atoms with Crippen molar-refractivity contribution in [2.75, 3.05) is 26.2 Å². The lowest BCUT2D eigenvalue weighted by Gasteiger charge is -2.41. The lowest BCUT2D eigenvalue weighted by Crippen LogP contribution is -2.52. The first-order chi connectivity index (χ1) is 15.8. The van der Waals surface area contributed by atoms with Gasteiger partial charge in [-0.3, -0.25) is 20.0 Å². The van der Waals surface area contributed by atoms with E-state index in [1.165, 1.54) is 29.7 Å². The Balaban J connectivity index is 2.34. The van der Waals surface area contributed by atoms with E-state index >= 15 is 0 Å². The molecule has 0 aliphatic carbocycles. The summed E-state index contributed by atoms with van der Waals surface area (Å²) in [5, 5.41) is 7.56. The van der Waals surface area contributed by atoms with Crippen LogP contribution in [0.2, 0.25) is 0 Å². The number of nitrogens with two attached hydrogens (primary N) is 1. The number of rotatable bonds is 8. The van der Waals surface area contributed by atoms with Crippen molar-refractivity contribution in [3.63, 3.8) is 0 Å². The number of alkyl halides is 3. The standard InChI is InChI=1S/C21H27F3N8O/c1-15-20(16(10-25)11-26)33-9-8-32(15)19(4-5-27-2)30-13-17(12-28-3)31-7-6-29-18(14-31)21(22,23)24/h4-6,10-12,14-15,20,25H,2-3,7-9,13,26H2,1H3/b5-4-,16-11+,17-12-,25-10?,30-19+. The Bertz CT molecular complexity index is 917. The maximum atomic E-state index is 13.1. The fourth-order valence-corrected chi connectivity index (χ4v) is 3.35. The van der Waals surface area contributed by atoms with Gasteiger partial charge in [-0.1, -0.05) is 0 Å². The third-order valence-corrected chi connectivity index (χ3v) is 4.96. The number of hydrogen-bond acceptors (Lipinski definition) is 8. The Morgan fingerprint density at radius 1 is 1.39 bits per heavy atom. The number of aliphatic imine (C=N–C) groups is 4. The van der Waals surface area contributed by atoms with Gasteiger partial charge in [0.05, 0.1) is 31.4 Å². The van der Waals surface area contributed by atoms with Crippen molar-refractivity contribution in [1.29, 1.82) is 5.41 Å². The lowest BCUT2D eigenvalue weighted by atomic mass is 10.0. The Labute approximate surface area is 190 Å². The van der Waals surface area contributed by atoms with Gasteiger partial charge < -0.3 is 25.7 Å². The van der Waals surface area contributed by atoms with E-state index in [1.807, 2.05) is 11.8 Å². The van der Waals surface area contributed by atoms with Gasteiger partial charge in [0.25, 0.3) is 0 Å². The fraction of sp³-hybridized carbons (Fsp3) is 0.381. The minimum Gasteiger partial charge on any atom is -0.404 e. The molecule has 0 amide bonds. The van der Waals surface area contributed by atoms with Gasteiger partial charge in [0.2, 0.25) is 0 Å². The molecule has 0 aromatic heterocycles.